The van der Waals surface area contributed by atoms with Gasteiger partial charge >= 0.3 is 0 Å². The first-order valence-corrected chi connectivity index (χ1v) is 4.32. The second-order valence-electron chi connectivity index (χ2n) is 3.06. The van der Waals surface area contributed by atoms with E-state index in [1.807, 2.05) is 0 Å². The molecule has 1 aliphatic rings. The van der Waals surface area contributed by atoms with Crippen molar-refractivity contribution < 1.29 is 4.79 Å². The maximum absolute atomic E-state index is 11.2. The van der Waals surface area contributed by atoms with Gasteiger partial charge in [-0.1, -0.05) is 6.42 Å². The molecule has 1 amide bonds. The third kappa shape index (κ3) is 2.50. The first-order valence-electron chi connectivity index (χ1n) is 4.32. The highest BCUT2D eigenvalue weighted by molar-refractivity contribution is 5.78. The summed E-state index contributed by atoms with van der Waals surface area (Å²) in [5, 5.41) is 2.88. The van der Waals surface area contributed by atoms with Crippen LogP contribution in [-0.4, -0.2) is 19.0 Å². The molecule has 0 aromatic carbocycles. The summed E-state index contributed by atoms with van der Waals surface area (Å²) >= 11 is 0. The fourth-order valence-corrected chi connectivity index (χ4v) is 1.48. The van der Waals surface area contributed by atoms with Crippen LogP contribution in [0.1, 0.15) is 25.7 Å². The number of nitrogens with two attached hydrogens (primary N) is 1. The molecule has 0 bridgehead atoms. The summed E-state index contributed by atoms with van der Waals surface area (Å²) in [6.45, 7) is 1.47. The molecule has 1 atom stereocenters. The quantitative estimate of drug-likeness (QED) is 0.602. The molecule has 0 unspecified atom stereocenters. The van der Waals surface area contributed by atoms with Crippen molar-refractivity contribution in [3.05, 3.63) is 0 Å². The second kappa shape index (κ2) is 4.34. The molecule has 0 radical (unpaired) electrons. The number of rotatable bonds is 2. The Balaban J connectivity index is 2.39. The molecule has 0 aliphatic carbocycles. The van der Waals surface area contributed by atoms with Gasteiger partial charge in [0.15, 0.2) is 0 Å². The normalized spacial score (nSPS) is 25.9. The van der Waals surface area contributed by atoms with Crippen LogP contribution < -0.4 is 11.1 Å². The lowest BCUT2D eigenvalue weighted by molar-refractivity contribution is -0.124. The number of carbonyl (C=O) groups excluding carboxylic acids is 1. The zero-order valence-corrected chi connectivity index (χ0v) is 6.81. The summed E-state index contributed by atoms with van der Waals surface area (Å²) in [6, 6.07) is 0. The van der Waals surface area contributed by atoms with Gasteiger partial charge in [-0.2, -0.15) is 0 Å². The molecule has 1 saturated heterocycles. The minimum atomic E-state index is 0.183. The van der Waals surface area contributed by atoms with Gasteiger partial charge in [-0.05, 0) is 25.8 Å². The average Bonchev–Trinajstić information content (AvgIpc) is 2.18. The van der Waals surface area contributed by atoms with Gasteiger partial charge in [0.2, 0.25) is 5.91 Å². The molecular weight excluding hydrogens is 140 g/mol. The fourth-order valence-electron chi connectivity index (χ4n) is 1.48. The molecule has 3 N–H and O–H groups in total. The minimum absolute atomic E-state index is 0.183. The van der Waals surface area contributed by atoms with Crippen molar-refractivity contribution in [2.24, 2.45) is 11.7 Å². The lowest BCUT2D eigenvalue weighted by Gasteiger charge is -2.10. The van der Waals surface area contributed by atoms with Crippen LogP contribution in [0.5, 0.6) is 0 Å². The van der Waals surface area contributed by atoms with Crippen LogP contribution >= 0.6 is 0 Å². The molecule has 1 fully saturated rings. The second-order valence-corrected chi connectivity index (χ2v) is 3.06. The zero-order valence-electron chi connectivity index (χ0n) is 6.81. The molecule has 3 nitrogen and oxygen atoms in total. The number of nitrogens with one attached hydrogen (secondary N) is 1. The number of hydrogen-bond donors (Lipinski definition) is 2. The van der Waals surface area contributed by atoms with Gasteiger partial charge in [0, 0.05) is 12.5 Å². The Morgan fingerprint density at radius 2 is 2.36 bits per heavy atom. The standard InChI is InChI=1S/C8H16N2O/c9-5-4-7-3-1-2-6-10-8(7)11/h7H,1-6,9H2,(H,10,11)/t7-/m1/s1. The first kappa shape index (κ1) is 8.53. The Morgan fingerprint density at radius 1 is 1.55 bits per heavy atom. The Labute approximate surface area is 67.3 Å². The SMILES string of the molecule is NCC[C@H]1CCCCNC1=O. The van der Waals surface area contributed by atoms with E-state index >= 15 is 0 Å². The Hall–Kier alpha value is -0.570. The van der Waals surface area contributed by atoms with Crippen LogP contribution in [0.25, 0.3) is 0 Å². The fraction of sp³-hybridized carbons (Fsp3) is 0.875. The van der Waals surface area contributed by atoms with Crippen molar-refractivity contribution >= 4 is 5.91 Å². The third-order valence-electron chi connectivity index (χ3n) is 2.16. The largest absolute Gasteiger partial charge is 0.356 e. The summed E-state index contributed by atoms with van der Waals surface area (Å²) in [5.41, 5.74) is 5.39. The first-order chi connectivity index (χ1) is 5.34. The highest BCUT2D eigenvalue weighted by Crippen LogP contribution is 2.14. The molecule has 64 valence electrons. The van der Waals surface area contributed by atoms with Gasteiger partial charge in [0.25, 0.3) is 0 Å². The zero-order chi connectivity index (χ0) is 8.10. The van der Waals surface area contributed by atoms with Crippen molar-refractivity contribution in [3.8, 4) is 0 Å². The van der Waals surface area contributed by atoms with E-state index in [4.69, 9.17) is 5.73 Å². The van der Waals surface area contributed by atoms with Crippen LogP contribution in [-0.2, 0) is 4.79 Å². The molecule has 0 saturated carbocycles. The predicted molar refractivity (Wildman–Crippen MR) is 44.0 cm³/mol. The van der Waals surface area contributed by atoms with Gasteiger partial charge in [-0.25, -0.2) is 0 Å². The van der Waals surface area contributed by atoms with E-state index in [-0.39, 0.29) is 11.8 Å². The topological polar surface area (TPSA) is 55.1 Å². The molecule has 0 aromatic heterocycles. The van der Waals surface area contributed by atoms with Crippen molar-refractivity contribution in [3.63, 3.8) is 0 Å². The smallest absolute Gasteiger partial charge is 0.223 e. The predicted octanol–water partition coefficient (Wildman–Crippen LogP) is 0.252. The molecule has 1 rings (SSSR count). The maximum atomic E-state index is 11.2. The van der Waals surface area contributed by atoms with E-state index in [0.717, 1.165) is 32.2 Å². The number of carbonyl (C=O) groups is 1. The highest BCUT2D eigenvalue weighted by atomic mass is 16.1. The highest BCUT2D eigenvalue weighted by Gasteiger charge is 2.18. The maximum Gasteiger partial charge on any atom is 0.223 e. The van der Waals surface area contributed by atoms with E-state index in [1.54, 1.807) is 0 Å². The van der Waals surface area contributed by atoms with Crippen LogP contribution in [0, 0.1) is 5.92 Å². The Kier molecular flexibility index (Phi) is 3.36. The monoisotopic (exact) mass is 156 g/mol. The van der Waals surface area contributed by atoms with E-state index < -0.39 is 0 Å². The van der Waals surface area contributed by atoms with Crippen LogP contribution in [0.15, 0.2) is 0 Å². The molecule has 0 spiro atoms. The summed E-state index contributed by atoms with van der Waals surface area (Å²) in [4.78, 5) is 11.2. The molecule has 1 aliphatic heterocycles. The molecule has 0 aromatic rings. The average molecular weight is 156 g/mol. The van der Waals surface area contributed by atoms with Gasteiger partial charge in [0.1, 0.15) is 0 Å². The summed E-state index contributed by atoms with van der Waals surface area (Å²) < 4.78 is 0. The third-order valence-corrected chi connectivity index (χ3v) is 2.16. The van der Waals surface area contributed by atoms with E-state index in [0.29, 0.717) is 6.54 Å². The lowest BCUT2D eigenvalue weighted by Crippen LogP contribution is -2.30. The molecule has 1 heterocycles. The van der Waals surface area contributed by atoms with E-state index in [1.165, 1.54) is 0 Å². The minimum Gasteiger partial charge on any atom is -0.356 e. The summed E-state index contributed by atoms with van der Waals surface area (Å²) in [7, 11) is 0. The number of amides is 1. The van der Waals surface area contributed by atoms with Crippen LogP contribution in [0.4, 0.5) is 0 Å². The van der Waals surface area contributed by atoms with Crippen molar-refractivity contribution in [2.45, 2.75) is 25.7 Å². The lowest BCUT2D eigenvalue weighted by atomic mass is 9.99. The summed E-state index contributed by atoms with van der Waals surface area (Å²) in [5.74, 6) is 0.385. The molecule has 3 heteroatoms. The van der Waals surface area contributed by atoms with E-state index in [9.17, 15) is 4.79 Å². The Bertz CT molecular complexity index is 136. The van der Waals surface area contributed by atoms with Crippen LogP contribution in [0.2, 0.25) is 0 Å². The van der Waals surface area contributed by atoms with Gasteiger partial charge in [0.05, 0.1) is 0 Å². The molecule has 11 heavy (non-hydrogen) atoms. The summed E-state index contributed by atoms with van der Waals surface area (Å²) in [6.07, 6.45) is 4.13. The van der Waals surface area contributed by atoms with Crippen molar-refractivity contribution in [1.29, 1.82) is 0 Å². The number of hydrogen-bond acceptors (Lipinski definition) is 2. The van der Waals surface area contributed by atoms with Gasteiger partial charge in [-0.15, -0.1) is 0 Å². The van der Waals surface area contributed by atoms with Crippen molar-refractivity contribution in [1.82, 2.24) is 5.32 Å². The van der Waals surface area contributed by atoms with Gasteiger partial charge in [-0.3, -0.25) is 4.79 Å². The van der Waals surface area contributed by atoms with Gasteiger partial charge < -0.3 is 11.1 Å². The van der Waals surface area contributed by atoms with Crippen molar-refractivity contribution in [2.75, 3.05) is 13.1 Å². The van der Waals surface area contributed by atoms with Crippen LogP contribution in [0.3, 0.4) is 0 Å². The molecular formula is C8H16N2O. The van der Waals surface area contributed by atoms with E-state index in [2.05, 4.69) is 5.32 Å². The Morgan fingerprint density at radius 3 is 3.09 bits per heavy atom.